The van der Waals surface area contributed by atoms with Gasteiger partial charge >= 0.3 is 5.97 Å². The second-order valence-corrected chi connectivity index (χ2v) is 10.8. The number of amides is 1. The second kappa shape index (κ2) is 9.48. The fourth-order valence-corrected chi connectivity index (χ4v) is 6.39. The Labute approximate surface area is 213 Å². The van der Waals surface area contributed by atoms with Crippen LogP contribution in [0.4, 0.5) is 10.7 Å². The van der Waals surface area contributed by atoms with E-state index in [0.717, 1.165) is 51.6 Å². The molecule has 0 unspecified atom stereocenters. The van der Waals surface area contributed by atoms with Crippen molar-refractivity contribution in [3.05, 3.63) is 61.9 Å². The largest absolute Gasteiger partial charge is 0.462 e. The van der Waals surface area contributed by atoms with Gasteiger partial charge in [0.25, 0.3) is 5.91 Å². The Hall–Kier alpha value is -2.75. The number of benzene rings is 1. The number of thiophene rings is 2. The summed E-state index contributed by atoms with van der Waals surface area (Å²) in [6, 6.07) is 9.73. The van der Waals surface area contributed by atoms with Crippen LogP contribution in [0.15, 0.2) is 40.2 Å². The van der Waals surface area contributed by atoms with E-state index < -0.39 is 5.97 Å². The average Bonchev–Trinajstić information content (AvgIpc) is 3.39. The molecule has 0 atom stereocenters. The molecule has 1 aliphatic carbocycles. The van der Waals surface area contributed by atoms with Crippen molar-refractivity contribution < 1.29 is 14.3 Å². The summed E-state index contributed by atoms with van der Waals surface area (Å²) >= 11 is 6.01. The first-order valence-electron chi connectivity index (χ1n) is 11.0. The van der Waals surface area contributed by atoms with Crippen LogP contribution in [0.25, 0.3) is 21.3 Å². The lowest BCUT2D eigenvalue weighted by Crippen LogP contribution is -2.14. The fraction of sp³-hybridized carbons (Fsp3) is 0.240. The summed E-state index contributed by atoms with van der Waals surface area (Å²) in [5, 5.41) is 6.03. The van der Waals surface area contributed by atoms with E-state index in [2.05, 4.69) is 27.3 Å². The molecule has 0 saturated heterocycles. The number of aromatic nitrogens is 1. The van der Waals surface area contributed by atoms with Gasteiger partial charge in [0.05, 0.1) is 12.3 Å². The molecule has 1 aliphatic rings. The Morgan fingerprint density at radius 1 is 1.21 bits per heavy atom. The molecular formula is C25H22BrN3O3S2. The molecule has 1 amide bonds. The first-order chi connectivity index (χ1) is 16.5. The zero-order valence-corrected chi connectivity index (χ0v) is 21.7. The molecule has 0 bridgehead atoms. The third kappa shape index (κ3) is 4.23. The van der Waals surface area contributed by atoms with Crippen LogP contribution in [-0.2, 0) is 17.6 Å². The normalized spacial score (nSPS) is 13.0. The number of nitrogens with zero attached hydrogens (tertiary/aromatic N) is 1. The highest BCUT2D eigenvalue weighted by atomic mass is 79.9. The van der Waals surface area contributed by atoms with Crippen LogP contribution in [0.2, 0.25) is 0 Å². The minimum absolute atomic E-state index is 0.238. The lowest BCUT2D eigenvalue weighted by Gasteiger charge is -2.14. The van der Waals surface area contributed by atoms with E-state index in [1.807, 2.05) is 29.6 Å². The highest BCUT2D eigenvalue weighted by Gasteiger charge is 2.25. The van der Waals surface area contributed by atoms with Crippen molar-refractivity contribution in [2.75, 3.05) is 17.7 Å². The topological polar surface area (TPSA) is 94.3 Å². The maximum Gasteiger partial charge on any atom is 0.341 e. The number of ether oxygens (including phenoxy) is 1. The summed E-state index contributed by atoms with van der Waals surface area (Å²) in [5.41, 5.74) is 11.1. The van der Waals surface area contributed by atoms with Gasteiger partial charge in [-0.15, -0.1) is 22.7 Å². The van der Waals surface area contributed by atoms with Gasteiger partial charge < -0.3 is 15.8 Å². The SMILES string of the molecule is CCOC(=O)c1c(-c2ccc(Br)cc2)csc1NC(=O)c1sc2nc3c(cc2c1N)CCCC3. The molecule has 0 fully saturated rings. The van der Waals surface area contributed by atoms with Crippen LogP contribution in [0.3, 0.4) is 0 Å². The quantitative estimate of drug-likeness (QED) is 0.268. The number of rotatable bonds is 5. The third-order valence-electron chi connectivity index (χ3n) is 5.86. The molecule has 0 aliphatic heterocycles. The minimum Gasteiger partial charge on any atom is -0.462 e. The Morgan fingerprint density at radius 2 is 1.97 bits per heavy atom. The van der Waals surface area contributed by atoms with Crippen LogP contribution >= 0.6 is 38.6 Å². The number of esters is 1. The smallest absolute Gasteiger partial charge is 0.341 e. The predicted octanol–water partition coefficient (Wildman–Crippen LogP) is 6.68. The average molecular weight is 557 g/mol. The van der Waals surface area contributed by atoms with Crippen molar-refractivity contribution in [2.45, 2.75) is 32.6 Å². The molecule has 4 aromatic rings. The van der Waals surface area contributed by atoms with Gasteiger partial charge in [0.1, 0.15) is 20.3 Å². The van der Waals surface area contributed by atoms with E-state index in [4.69, 9.17) is 15.5 Å². The van der Waals surface area contributed by atoms with Crippen LogP contribution in [-0.4, -0.2) is 23.5 Å². The van der Waals surface area contributed by atoms with Crippen molar-refractivity contribution in [3.63, 3.8) is 0 Å². The van der Waals surface area contributed by atoms with E-state index >= 15 is 0 Å². The maximum atomic E-state index is 13.3. The number of nitrogens with one attached hydrogen (secondary N) is 1. The number of hydrogen-bond acceptors (Lipinski definition) is 7. The Balaban J connectivity index is 1.51. The molecule has 174 valence electrons. The zero-order chi connectivity index (χ0) is 23.8. The first kappa shape index (κ1) is 23.0. The number of fused-ring (bicyclic) bond motifs is 2. The van der Waals surface area contributed by atoms with Gasteiger partial charge in [-0.25, -0.2) is 9.78 Å². The summed E-state index contributed by atoms with van der Waals surface area (Å²) in [6.45, 7) is 1.99. The molecule has 5 rings (SSSR count). The summed E-state index contributed by atoms with van der Waals surface area (Å²) in [7, 11) is 0. The molecule has 0 radical (unpaired) electrons. The van der Waals surface area contributed by atoms with E-state index in [9.17, 15) is 9.59 Å². The van der Waals surface area contributed by atoms with Gasteiger partial charge in [-0.05, 0) is 61.9 Å². The van der Waals surface area contributed by atoms with Crippen molar-refractivity contribution in [1.82, 2.24) is 4.98 Å². The van der Waals surface area contributed by atoms with Crippen LogP contribution < -0.4 is 11.1 Å². The summed E-state index contributed by atoms with van der Waals surface area (Å²) in [6.07, 6.45) is 4.23. The van der Waals surface area contributed by atoms with E-state index in [-0.39, 0.29) is 12.5 Å². The van der Waals surface area contributed by atoms with Gasteiger partial charge in [-0.3, -0.25) is 4.79 Å². The van der Waals surface area contributed by atoms with Crippen molar-refractivity contribution in [3.8, 4) is 11.1 Å². The van der Waals surface area contributed by atoms with Gasteiger partial charge in [0, 0.05) is 26.5 Å². The summed E-state index contributed by atoms with van der Waals surface area (Å²) in [4.78, 5) is 32.1. The van der Waals surface area contributed by atoms with E-state index in [1.54, 1.807) is 6.92 Å². The number of nitrogen functional groups attached to an aromatic ring is 1. The van der Waals surface area contributed by atoms with Gasteiger partial charge in [0.15, 0.2) is 0 Å². The van der Waals surface area contributed by atoms with Crippen molar-refractivity contribution in [1.29, 1.82) is 0 Å². The van der Waals surface area contributed by atoms with Gasteiger partial charge in [-0.1, -0.05) is 28.1 Å². The number of pyridine rings is 1. The number of aryl methyl sites for hydroxylation is 2. The summed E-state index contributed by atoms with van der Waals surface area (Å²) < 4.78 is 6.24. The van der Waals surface area contributed by atoms with E-state index in [1.165, 1.54) is 28.2 Å². The highest BCUT2D eigenvalue weighted by Crippen LogP contribution is 2.39. The lowest BCUT2D eigenvalue weighted by atomic mass is 9.95. The first-order valence-corrected chi connectivity index (χ1v) is 13.5. The Morgan fingerprint density at radius 3 is 2.74 bits per heavy atom. The fourth-order valence-electron chi connectivity index (χ4n) is 4.19. The van der Waals surface area contributed by atoms with Crippen LogP contribution in [0.1, 0.15) is 51.1 Å². The van der Waals surface area contributed by atoms with Crippen molar-refractivity contribution in [2.24, 2.45) is 0 Å². The molecule has 3 heterocycles. The monoisotopic (exact) mass is 555 g/mol. The molecule has 3 aromatic heterocycles. The molecule has 9 heteroatoms. The minimum atomic E-state index is -0.476. The standard InChI is InChI=1S/C25H22BrN3O3S2/c1-2-32-25(31)19-17(13-7-9-15(26)10-8-13)12-33-24(19)29-22(30)21-20(27)16-11-14-5-3-4-6-18(14)28-23(16)34-21/h7-12H,2-6,27H2,1H3,(H,29,30). The Bertz CT molecular complexity index is 1410. The molecule has 0 spiro atoms. The number of anilines is 2. The second-order valence-electron chi connectivity index (χ2n) is 8.03. The predicted molar refractivity (Wildman–Crippen MR) is 142 cm³/mol. The number of halogens is 1. The molecule has 34 heavy (non-hydrogen) atoms. The van der Waals surface area contributed by atoms with Crippen LogP contribution in [0.5, 0.6) is 0 Å². The zero-order valence-electron chi connectivity index (χ0n) is 18.4. The van der Waals surface area contributed by atoms with Gasteiger partial charge in [-0.2, -0.15) is 0 Å². The number of hydrogen-bond donors (Lipinski definition) is 2. The molecular weight excluding hydrogens is 534 g/mol. The molecule has 6 nitrogen and oxygen atoms in total. The number of carbonyl (C=O) groups is 2. The molecule has 3 N–H and O–H groups in total. The van der Waals surface area contributed by atoms with Gasteiger partial charge in [0.2, 0.25) is 0 Å². The number of carbonyl (C=O) groups excluding carboxylic acids is 2. The molecule has 0 saturated carbocycles. The van der Waals surface area contributed by atoms with E-state index in [0.29, 0.717) is 26.7 Å². The lowest BCUT2D eigenvalue weighted by molar-refractivity contribution is 0.0529. The molecule has 1 aromatic carbocycles. The third-order valence-corrected chi connectivity index (χ3v) is 8.40. The van der Waals surface area contributed by atoms with Crippen LogP contribution in [0, 0.1) is 0 Å². The maximum absolute atomic E-state index is 13.3. The van der Waals surface area contributed by atoms with Crippen molar-refractivity contribution >= 4 is 71.4 Å². The Kier molecular flexibility index (Phi) is 6.42. The number of nitrogens with two attached hydrogens (primary N) is 1. The summed E-state index contributed by atoms with van der Waals surface area (Å²) in [5.74, 6) is -0.830. The highest BCUT2D eigenvalue weighted by molar-refractivity contribution is 9.10.